The fraction of sp³-hybridized carbons (Fsp3) is 0.0800. The van der Waals surface area contributed by atoms with Gasteiger partial charge in [-0.1, -0.05) is 18.2 Å². The number of benzene rings is 2. The maximum atomic E-state index is 13.2. The normalized spacial score (nSPS) is 14.9. The fourth-order valence-corrected chi connectivity index (χ4v) is 4.22. The largest absolute Gasteiger partial charge is 0.478 e. The Labute approximate surface area is 204 Å². The van der Waals surface area contributed by atoms with Crippen molar-refractivity contribution in [3.8, 4) is 5.69 Å². The van der Waals surface area contributed by atoms with E-state index in [0.29, 0.717) is 28.3 Å². The molecule has 176 valence electrons. The summed E-state index contributed by atoms with van der Waals surface area (Å²) in [7, 11) is 0. The molecule has 1 saturated heterocycles. The van der Waals surface area contributed by atoms with Crippen LogP contribution < -0.4 is 10.2 Å². The number of carboxylic acid groups (broad SMARTS) is 2. The Kier molecular flexibility index (Phi) is 6.06. The van der Waals surface area contributed by atoms with Crippen molar-refractivity contribution in [3.05, 3.63) is 88.2 Å². The van der Waals surface area contributed by atoms with E-state index in [2.05, 4.69) is 5.32 Å². The molecule has 0 saturated carbocycles. The number of nitrogens with one attached hydrogen (secondary N) is 1. The van der Waals surface area contributed by atoms with Gasteiger partial charge in [0.1, 0.15) is 5.57 Å². The van der Waals surface area contributed by atoms with Crippen molar-refractivity contribution in [2.45, 2.75) is 13.8 Å². The summed E-state index contributed by atoms with van der Waals surface area (Å²) in [6.45, 7) is 3.47. The van der Waals surface area contributed by atoms with Crippen molar-refractivity contribution in [2.75, 3.05) is 4.90 Å². The highest BCUT2D eigenvalue weighted by Gasteiger charge is 2.34. The number of nitrogens with zero attached hydrogens (tertiary/aromatic N) is 2. The molecule has 2 aromatic carbocycles. The van der Waals surface area contributed by atoms with Gasteiger partial charge in [-0.05, 0) is 74.1 Å². The number of hydrogen-bond acceptors (Lipinski definition) is 5. The highest BCUT2D eigenvalue weighted by atomic mass is 32.1. The van der Waals surface area contributed by atoms with Gasteiger partial charge >= 0.3 is 11.9 Å². The Bertz CT molecular complexity index is 1420. The van der Waals surface area contributed by atoms with E-state index in [9.17, 15) is 29.4 Å². The molecule has 4 rings (SSSR count). The number of thiocarbonyl (C=S) groups is 1. The molecule has 0 radical (unpaired) electrons. The number of hydrogen-bond donors (Lipinski definition) is 3. The van der Waals surface area contributed by atoms with Crippen molar-refractivity contribution < 1.29 is 29.4 Å². The number of carboxylic acids is 2. The summed E-state index contributed by atoms with van der Waals surface area (Å²) < 4.78 is 1.66. The highest BCUT2D eigenvalue weighted by Crippen LogP contribution is 2.27. The molecule has 9 nitrogen and oxygen atoms in total. The van der Waals surface area contributed by atoms with Gasteiger partial charge < -0.3 is 14.8 Å². The Morgan fingerprint density at radius 1 is 0.914 bits per heavy atom. The van der Waals surface area contributed by atoms with Crippen LogP contribution >= 0.6 is 12.2 Å². The third kappa shape index (κ3) is 4.34. The molecular weight excluding hydrogens is 470 g/mol. The summed E-state index contributed by atoms with van der Waals surface area (Å²) in [5, 5.41) is 21.3. The lowest BCUT2D eigenvalue weighted by Gasteiger charge is -2.28. The number of rotatable bonds is 5. The monoisotopic (exact) mass is 489 g/mol. The third-order valence-electron chi connectivity index (χ3n) is 5.56. The van der Waals surface area contributed by atoms with E-state index in [0.717, 1.165) is 6.07 Å². The second kappa shape index (κ2) is 8.99. The highest BCUT2D eigenvalue weighted by molar-refractivity contribution is 7.80. The molecule has 0 aliphatic carbocycles. The van der Waals surface area contributed by atoms with E-state index in [4.69, 9.17) is 12.2 Å². The van der Waals surface area contributed by atoms with Crippen LogP contribution in [0.15, 0.2) is 60.2 Å². The van der Waals surface area contributed by atoms with E-state index in [1.54, 1.807) is 54.8 Å². The van der Waals surface area contributed by atoms with Crippen LogP contribution in [0.3, 0.4) is 0 Å². The number of aromatic carboxylic acids is 2. The molecule has 2 amide bonds. The van der Waals surface area contributed by atoms with Gasteiger partial charge in [-0.15, -0.1) is 0 Å². The van der Waals surface area contributed by atoms with Gasteiger partial charge in [0.2, 0.25) is 0 Å². The van der Waals surface area contributed by atoms with E-state index in [-0.39, 0.29) is 21.8 Å². The molecule has 0 bridgehead atoms. The molecule has 0 spiro atoms. The van der Waals surface area contributed by atoms with E-state index >= 15 is 0 Å². The maximum Gasteiger partial charge on any atom is 0.335 e. The Morgan fingerprint density at radius 2 is 1.51 bits per heavy atom. The minimum absolute atomic E-state index is 0.0273. The lowest BCUT2D eigenvalue weighted by atomic mass is 10.1. The molecular formula is C25H19N3O6S. The zero-order valence-corrected chi connectivity index (χ0v) is 19.4. The summed E-state index contributed by atoms with van der Waals surface area (Å²) >= 11 is 5.21. The number of amides is 2. The Balaban J connectivity index is 1.81. The molecule has 35 heavy (non-hydrogen) atoms. The lowest BCUT2D eigenvalue weighted by molar-refractivity contribution is -0.122. The van der Waals surface area contributed by atoms with Crippen molar-refractivity contribution in [3.63, 3.8) is 0 Å². The standard InChI is InChI=1S/C25H19N3O6S/c1-13-8-15(14(2)27(13)19-10-16(23(31)32)9-17(11-19)24(33)34)12-20-21(29)26-25(35)28(22(20)30)18-6-4-3-5-7-18/h3-12H,1-2H3,(H,31,32)(H,33,34)(H,26,29,35)/b20-12-. The van der Waals surface area contributed by atoms with Crippen LogP contribution in [-0.2, 0) is 9.59 Å². The van der Waals surface area contributed by atoms with Gasteiger partial charge in [0.25, 0.3) is 11.8 Å². The van der Waals surface area contributed by atoms with Gasteiger partial charge in [-0.25, -0.2) is 9.59 Å². The summed E-state index contributed by atoms with van der Waals surface area (Å²) in [6, 6.07) is 14.2. The van der Waals surface area contributed by atoms with Crippen molar-refractivity contribution in [1.29, 1.82) is 0 Å². The summed E-state index contributed by atoms with van der Waals surface area (Å²) in [5.41, 5.74) is 2.09. The molecule has 1 aliphatic rings. The summed E-state index contributed by atoms with van der Waals surface area (Å²) in [4.78, 5) is 50.2. The fourth-order valence-electron chi connectivity index (χ4n) is 3.94. The van der Waals surface area contributed by atoms with Gasteiger partial charge in [0.15, 0.2) is 5.11 Å². The van der Waals surface area contributed by atoms with Crippen LogP contribution in [0.1, 0.15) is 37.7 Å². The van der Waals surface area contributed by atoms with E-state index in [1.807, 2.05) is 0 Å². The van der Waals surface area contributed by atoms with Gasteiger partial charge in [0.05, 0.1) is 16.8 Å². The zero-order chi connectivity index (χ0) is 25.4. The van der Waals surface area contributed by atoms with Gasteiger partial charge in [-0.3, -0.25) is 19.8 Å². The molecule has 3 N–H and O–H groups in total. The van der Waals surface area contributed by atoms with Crippen molar-refractivity contribution >= 4 is 52.8 Å². The van der Waals surface area contributed by atoms with Gasteiger partial charge in [-0.2, -0.15) is 0 Å². The topological polar surface area (TPSA) is 129 Å². The first-order chi connectivity index (χ1) is 16.6. The third-order valence-corrected chi connectivity index (χ3v) is 5.84. The van der Waals surface area contributed by atoms with E-state index < -0.39 is 23.8 Å². The molecule has 2 heterocycles. The molecule has 0 unspecified atom stereocenters. The number of aryl methyl sites for hydroxylation is 1. The number of para-hydroxylation sites is 1. The zero-order valence-electron chi connectivity index (χ0n) is 18.6. The molecule has 10 heteroatoms. The maximum absolute atomic E-state index is 13.2. The smallest absolute Gasteiger partial charge is 0.335 e. The quantitative estimate of drug-likeness (QED) is 0.285. The second-order valence-corrected chi connectivity index (χ2v) is 8.22. The second-order valence-electron chi connectivity index (χ2n) is 7.83. The van der Waals surface area contributed by atoms with Crippen LogP contribution in [-0.4, -0.2) is 43.6 Å². The minimum Gasteiger partial charge on any atom is -0.478 e. The SMILES string of the molecule is Cc1cc(/C=C2/C(=O)NC(=S)N(c3ccccc3)C2=O)c(C)n1-c1cc(C(=O)O)cc(C(=O)O)c1. The number of carbonyl (C=O) groups is 4. The predicted octanol–water partition coefficient (Wildman–Crippen LogP) is 3.32. The average molecular weight is 490 g/mol. The number of aromatic nitrogens is 1. The van der Waals surface area contributed by atoms with Crippen LogP contribution in [0.25, 0.3) is 11.8 Å². The summed E-state index contributed by atoms with van der Waals surface area (Å²) in [6.07, 6.45) is 1.44. The average Bonchev–Trinajstić information content (AvgIpc) is 3.09. The van der Waals surface area contributed by atoms with Crippen LogP contribution in [0, 0.1) is 13.8 Å². The molecule has 0 atom stereocenters. The Morgan fingerprint density at radius 3 is 2.09 bits per heavy atom. The minimum atomic E-state index is -1.26. The molecule has 1 aromatic heterocycles. The molecule has 3 aromatic rings. The molecule has 1 fully saturated rings. The first kappa shape index (κ1) is 23.6. The van der Waals surface area contributed by atoms with E-state index in [1.165, 1.54) is 23.1 Å². The van der Waals surface area contributed by atoms with Crippen LogP contribution in [0.4, 0.5) is 5.69 Å². The Hall–Kier alpha value is -4.57. The summed E-state index contributed by atoms with van der Waals surface area (Å²) in [5.74, 6) is -3.75. The van der Waals surface area contributed by atoms with Crippen molar-refractivity contribution in [2.24, 2.45) is 0 Å². The van der Waals surface area contributed by atoms with Crippen LogP contribution in [0.5, 0.6) is 0 Å². The number of carbonyl (C=O) groups excluding carboxylic acids is 2. The molecule has 1 aliphatic heterocycles. The van der Waals surface area contributed by atoms with Crippen LogP contribution in [0.2, 0.25) is 0 Å². The lowest BCUT2D eigenvalue weighted by Crippen LogP contribution is -2.54. The predicted molar refractivity (Wildman–Crippen MR) is 132 cm³/mol. The first-order valence-electron chi connectivity index (χ1n) is 10.4. The number of anilines is 1. The first-order valence-corrected chi connectivity index (χ1v) is 10.8. The van der Waals surface area contributed by atoms with Crippen molar-refractivity contribution in [1.82, 2.24) is 9.88 Å². The van der Waals surface area contributed by atoms with Gasteiger partial charge in [0, 0.05) is 17.1 Å².